The lowest BCUT2D eigenvalue weighted by Crippen LogP contribution is -2.22. The number of carbonyl (C=O) groups excluding carboxylic acids is 1. The van der Waals surface area contributed by atoms with E-state index in [9.17, 15) is 9.90 Å². The summed E-state index contributed by atoms with van der Waals surface area (Å²) >= 11 is 0. The number of phenolic OH excluding ortho intramolecular Hbond substituents is 1. The van der Waals surface area contributed by atoms with E-state index in [2.05, 4.69) is 0 Å². The second-order valence-corrected chi connectivity index (χ2v) is 5.36. The Bertz CT molecular complexity index is 574. The molecule has 3 unspecified atom stereocenters. The molecule has 22 heavy (non-hydrogen) atoms. The van der Waals surface area contributed by atoms with Gasteiger partial charge in [0.15, 0.2) is 0 Å². The fourth-order valence-electron chi connectivity index (χ4n) is 1.94. The Hall–Kier alpha value is -1.89. The number of hydrogen-bond donors (Lipinski definition) is 1. The molecule has 0 bridgehead atoms. The highest BCUT2D eigenvalue weighted by molar-refractivity contribution is 5.89. The molecule has 1 N–H and O–H groups in total. The third kappa shape index (κ3) is 4.30. The van der Waals surface area contributed by atoms with Crippen molar-refractivity contribution in [2.24, 2.45) is 0 Å². The van der Waals surface area contributed by atoms with E-state index in [1.807, 2.05) is 0 Å². The molecule has 6 nitrogen and oxygen atoms in total. The second kappa shape index (κ2) is 6.48. The average Bonchev–Trinajstić information content (AvgIpc) is 3.37. The molecule has 1 aromatic carbocycles. The van der Waals surface area contributed by atoms with E-state index in [-0.39, 0.29) is 24.1 Å². The number of phenols is 1. The molecule has 2 fully saturated rings. The minimum absolute atomic E-state index is 0.0118. The van der Waals surface area contributed by atoms with Crippen LogP contribution in [0, 0.1) is 0 Å². The highest BCUT2D eigenvalue weighted by Gasteiger charge is 2.34. The molecule has 2 aliphatic heterocycles. The number of esters is 1. The Kier molecular flexibility index (Phi) is 4.42. The van der Waals surface area contributed by atoms with Gasteiger partial charge in [0, 0.05) is 11.6 Å². The number of carbonyl (C=O) groups is 1. The zero-order valence-corrected chi connectivity index (χ0v) is 12.2. The number of epoxide rings is 2. The summed E-state index contributed by atoms with van der Waals surface area (Å²) in [5, 5.41) is 9.36. The van der Waals surface area contributed by atoms with Crippen molar-refractivity contribution >= 4 is 5.97 Å². The second-order valence-electron chi connectivity index (χ2n) is 5.36. The van der Waals surface area contributed by atoms with Gasteiger partial charge in [-0.15, -0.1) is 0 Å². The summed E-state index contributed by atoms with van der Waals surface area (Å²) in [5.74, 6) is -0.143. The molecule has 0 aliphatic carbocycles. The maximum absolute atomic E-state index is 12.1. The number of aromatic hydroxyl groups is 1. The summed E-state index contributed by atoms with van der Waals surface area (Å²) in [6.45, 7) is 3.51. The molecule has 6 heteroatoms. The van der Waals surface area contributed by atoms with Crippen LogP contribution in [0.3, 0.4) is 0 Å². The van der Waals surface area contributed by atoms with E-state index in [1.54, 1.807) is 25.1 Å². The lowest BCUT2D eigenvalue weighted by Gasteiger charge is -2.12. The van der Waals surface area contributed by atoms with Crippen molar-refractivity contribution in [3.05, 3.63) is 35.9 Å². The van der Waals surface area contributed by atoms with Crippen molar-refractivity contribution in [3.8, 4) is 11.5 Å². The number of ether oxygens (including phenoxy) is 4. The molecule has 2 heterocycles. The molecule has 0 aromatic heterocycles. The third-order valence-electron chi connectivity index (χ3n) is 3.37. The van der Waals surface area contributed by atoms with E-state index >= 15 is 0 Å². The van der Waals surface area contributed by atoms with Crippen LogP contribution in [0.15, 0.2) is 35.9 Å². The van der Waals surface area contributed by atoms with Crippen molar-refractivity contribution in [2.75, 3.05) is 19.8 Å². The van der Waals surface area contributed by atoms with Gasteiger partial charge >= 0.3 is 5.97 Å². The first-order valence-corrected chi connectivity index (χ1v) is 7.16. The van der Waals surface area contributed by atoms with E-state index in [4.69, 9.17) is 18.9 Å². The zero-order chi connectivity index (χ0) is 15.5. The highest BCUT2D eigenvalue weighted by Crippen LogP contribution is 2.23. The van der Waals surface area contributed by atoms with Crippen LogP contribution in [0.5, 0.6) is 11.5 Å². The van der Waals surface area contributed by atoms with Gasteiger partial charge in [0.1, 0.15) is 29.8 Å². The van der Waals surface area contributed by atoms with Crippen LogP contribution in [0.25, 0.3) is 0 Å². The molecule has 3 rings (SSSR count). The largest absolute Gasteiger partial charge is 0.508 e. The first kappa shape index (κ1) is 15.0. The lowest BCUT2D eigenvalue weighted by molar-refractivity contribution is -0.130. The predicted molar refractivity (Wildman–Crippen MR) is 76.7 cm³/mol. The molecule has 3 atom stereocenters. The molecule has 2 saturated heterocycles. The topological polar surface area (TPSA) is 80.8 Å². The summed E-state index contributed by atoms with van der Waals surface area (Å²) in [5.41, 5.74) is 0.431. The Morgan fingerprint density at radius 1 is 1.45 bits per heavy atom. The van der Waals surface area contributed by atoms with Crippen LogP contribution in [0.4, 0.5) is 0 Å². The van der Waals surface area contributed by atoms with Crippen molar-refractivity contribution in [1.82, 2.24) is 0 Å². The predicted octanol–water partition coefficient (Wildman–Crippen LogP) is 1.43. The Balaban J connectivity index is 1.59. The first-order chi connectivity index (χ1) is 10.6. The molecule has 2 aliphatic rings. The SMILES string of the molecule is CC(=CC(OCC1CO1)C1CO1)C(=O)Oc1cccc(O)c1. The molecule has 0 radical (unpaired) electrons. The van der Waals surface area contributed by atoms with Crippen LogP contribution in [-0.2, 0) is 19.0 Å². The van der Waals surface area contributed by atoms with Crippen LogP contribution in [0.1, 0.15) is 6.92 Å². The van der Waals surface area contributed by atoms with E-state index in [0.29, 0.717) is 24.5 Å². The molecule has 118 valence electrons. The first-order valence-electron chi connectivity index (χ1n) is 7.16. The average molecular weight is 306 g/mol. The number of rotatable bonds is 7. The minimum Gasteiger partial charge on any atom is -0.508 e. The van der Waals surface area contributed by atoms with Gasteiger partial charge in [-0.3, -0.25) is 0 Å². The van der Waals surface area contributed by atoms with E-state index < -0.39 is 5.97 Å². The van der Waals surface area contributed by atoms with Gasteiger partial charge in [-0.1, -0.05) is 6.07 Å². The molecule has 0 amide bonds. The smallest absolute Gasteiger partial charge is 0.338 e. The van der Waals surface area contributed by atoms with Gasteiger partial charge in [0.25, 0.3) is 0 Å². The van der Waals surface area contributed by atoms with Crippen molar-refractivity contribution < 1.29 is 28.8 Å². The van der Waals surface area contributed by atoms with Gasteiger partial charge in [-0.05, 0) is 25.1 Å². The monoisotopic (exact) mass is 306 g/mol. The van der Waals surface area contributed by atoms with Gasteiger partial charge in [0.2, 0.25) is 0 Å². The summed E-state index contributed by atoms with van der Waals surface area (Å²) in [4.78, 5) is 12.1. The normalized spacial score (nSPS) is 24.7. The Labute approximate surface area is 128 Å². The quantitative estimate of drug-likeness (QED) is 0.355. The number of hydrogen-bond acceptors (Lipinski definition) is 6. The highest BCUT2D eigenvalue weighted by atomic mass is 16.6. The van der Waals surface area contributed by atoms with Crippen molar-refractivity contribution in [2.45, 2.75) is 25.2 Å². The van der Waals surface area contributed by atoms with Gasteiger partial charge < -0.3 is 24.1 Å². The molecular formula is C16H18O6. The van der Waals surface area contributed by atoms with Crippen molar-refractivity contribution in [1.29, 1.82) is 0 Å². The lowest BCUT2D eigenvalue weighted by atomic mass is 10.1. The maximum atomic E-state index is 12.1. The standard InChI is InChI=1S/C16H18O6/c1-10(16(18)22-12-4-2-3-11(17)6-12)5-14(15-9-21-15)20-8-13-7-19-13/h2-6,13-15,17H,7-9H2,1H3. The minimum atomic E-state index is -0.484. The molecule has 0 saturated carbocycles. The molecular weight excluding hydrogens is 288 g/mol. The molecule has 0 spiro atoms. The van der Waals surface area contributed by atoms with Gasteiger partial charge in [-0.25, -0.2) is 4.79 Å². The summed E-state index contributed by atoms with van der Waals surface area (Å²) in [7, 11) is 0. The summed E-state index contributed by atoms with van der Waals surface area (Å²) in [6.07, 6.45) is 1.59. The fraction of sp³-hybridized carbons (Fsp3) is 0.438. The van der Waals surface area contributed by atoms with Crippen molar-refractivity contribution in [3.63, 3.8) is 0 Å². The fourth-order valence-corrected chi connectivity index (χ4v) is 1.94. The summed E-state index contributed by atoms with van der Waals surface area (Å²) < 4.78 is 21.3. The Morgan fingerprint density at radius 2 is 2.23 bits per heavy atom. The third-order valence-corrected chi connectivity index (χ3v) is 3.37. The van der Waals surface area contributed by atoms with Crippen LogP contribution < -0.4 is 4.74 Å². The maximum Gasteiger partial charge on any atom is 0.338 e. The van der Waals surface area contributed by atoms with Crippen LogP contribution in [0.2, 0.25) is 0 Å². The molecule has 1 aromatic rings. The zero-order valence-electron chi connectivity index (χ0n) is 12.2. The van der Waals surface area contributed by atoms with Crippen LogP contribution in [-0.4, -0.2) is 49.2 Å². The van der Waals surface area contributed by atoms with Gasteiger partial charge in [0.05, 0.1) is 19.8 Å². The Morgan fingerprint density at radius 3 is 2.86 bits per heavy atom. The van der Waals surface area contributed by atoms with E-state index in [0.717, 1.165) is 6.61 Å². The summed E-state index contributed by atoms with van der Waals surface area (Å²) in [6, 6.07) is 6.10. The van der Waals surface area contributed by atoms with Gasteiger partial charge in [-0.2, -0.15) is 0 Å². The van der Waals surface area contributed by atoms with Crippen LogP contribution >= 0.6 is 0 Å². The number of benzene rings is 1. The van der Waals surface area contributed by atoms with E-state index in [1.165, 1.54) is 12.1 Å².